The van der Waals surface area contributed by atoms with E-state index in [1.165, 1.54) is 4.90 Å². The molecule has 0 spiro atoms. The maximum absolute atomic E-state index is 10.3. The van der Waals surface area contributed by atoms with E-state index in [1.54, 1.807) is 10.8 Å². The molecule has 0 aliphatic rings. The molecule has 1 unspecified atom stereocenters. The molecule has 2 nitrogen and oxygen atoms in total. The minimum Gasteiger partial charge on any atom is -0.772 e. The predicted molar refractivity (Wildman–Crippen MR) is 72.4 cm³/mol. The zero-order chi connectivity index (χ0) is 11.6. The number of hydrogen-bond donors (Lipinski definition) is 0. The molecular formula is C11H15NaO2S3. The Bertz CT molecular complexity index is 309. The van der Waals surface area contributed by atoms with E-state index in [2.05, 4.69) is 12.1 Å². The molecule has 0 heterocycles. The molecule has 0 amide bonds. The second-order valence-electron chi connectivity index (χ2n) is 3.29. The van der Waals surface area contributed by atoms with Crippen LogP contribution in [0.15, 0.2) is 35.2 Å². The van der Waals surface area contributed by atoms with Crippen LogP contribution >= 0.6 is 21.6 Å². The fraction of sp³-hybridized carbons (Fsp3) is 0.455. The summed E-state index contributed by atoms with van der Waals surface area (Å²) >= 11 is -1.86. The van der Waals surface area contributed by atoms with Gasteiger partial charge in [-0.15, -0.1) is 0 Å². The van der Waals surface area contributed by atoms with E-state index in [-0.39, 0.29) is 29.6 Å². The smallest absolute Gasteiger partial charge is 0.772 e. The van der Waals surface area contributed by atoms with Gasteiger partial charge >= 0.3 is 29.6 Å². The van der Waals surface area contributed by atoms with E-state index < -0.39 is 11.1 Å². The predicted octanol–water partition coefficient (Wildman–Crippen LogP) is 0.480. The summed E-state index contributed by atoms with van der Waals surface area (Å²) in [6.07, 6.45) is 2.87. The van der Waals surface area contributed by atoms with Crippen LogP contribution in [-0.4, -0.2) is 20.3 Å². The molecule has 1 aromatic rings. The first kappa shape index (κ1) is 18.0. The minimum atomic E-state index is -1.86. The molecule has 1 rings (SSSR count). The van der Waals surface area contributed by atoms with Gasteiger partial charge in [-0.25, -0.2) is 0 Å². The fourth-order valence-corrected chi connectivity index (χ4v) is 3.74. The van der Waals surface area contributed by atoms with Crippen molar-refractivity contribution < 1.29 is 38.3 Å². The van der Waals surface area contributed by atoms with Gasteiger partial charge < -0.3 is 4.55 Å². The summed E-state index contributed by atoms with van der Waals surface area (Å²) < 4.78 is 20.5. The van der Waals surface area contributed by atoms with Gasteiger partial charge in [0.25, 0.3) is 0 Å². The molecule has 90 valence electrons. The Labute approximate surface area is 136 Å². The molecule has 1 atom stereocenters. The number of hydrogen-bond acceptors (Lipinski definition) is 4. The third-order valence-electron chi connectivity index (χ3n) is 1.94. The quantitative estimate of drug-likeness (QED) is 0.303. The average molecular weight is 298 g/mol. The maximum Gasteiger partial charge on any atom is 1.00 e. The Morgan fingerprint density at radius 2 is 1.82 bits per heavy atom. The largest absolute Gasteiger partial charge is 1.00 e. The average Bonchev–Trinajstić information content (AvgIpc) is 2.29. The Morgan fingerprint density at radius 1 is 1.12 bits per heavy atom. The first-order chi connectivity index (χ1) is 7.79. The Kier molecular flexibility index (Phi) is 12.8. The van der Waals surface area contributed by atoms with Crippen LogP contribution in [0.4, 0.5) is 0 Å². The summed E-state index contributed by atoms with van der Waals surface area (Å²) in [6.45, 7) is 0. The van der Waals surface area contributed by atoms with Crippen LogP contribution in [0.1, 0.15) is 19.3 Å². The molecule has 0 aliphatic carbocycles. The minimum absolute atomic E-state index is 0. The van der Waals surface area contributed by atoms with Crippen LogP contribution < -0.4 is 29.6 Å². The van der Waals surface area contributed by atoms with Crippen molar-refractivity contribution in [3.8, 4) is 0 Å². The molecule has 0 radical (unpaired) electrons. The van der Waals surface area contributed by atoms with Gasteiger partial charge in [0.1, 0.15) is 0 Å². The first-order valence-corrected chi connectivity index (χ1v) is 8.76. The summed E-state index contributed by atoms with van der Waals surface area (Å²) in [5, 5.41) is 0. The van der Waals surface area contributed by atoms with Crippen molar-refractivity contribution in [1.82, 2.24) is 0 Å². The van der Waals surface area contributed by atoms with E-state index in [0.717, 1.165) is 25.0 Å². The Hall–Kier alpha value is 1.03. The van der Waals surface area contributed by atoms with Gasteiger partial charge in [0.05, 0.1) is 0 Å². The molecule has 0 bridgehead atoms. The zero-order valence-electron chi connectivity index (χ0n) is 9.96. The standard InChI is InChI=1S/C11H16O2S3.Na/c12-16(13)10-6-2-5-9-14-15-11-7-3-1-4-8-11;/h1,3-4,7-8H,2,5-6,9-10H2,(H,12,13);/q;+1/p-1. The third kappa shape index (κ3) is 10.6. The monoisotopic (exact) mass is 298 g/mol. The van der Waals surface area contributed by atoms with E-state index in [0.29, 0.717) is 5.75 Å². The van der Waals surface area contributed by atoms with Crippen LogP contribution in [0.3, 0.4) is 0 Å². The molecule has 0 N–H and O–H groups in total. The second kappa shape index (κ2) is 12.1. The number of benzene rings is 1. The topological polar surface area (TPSA) is 40.1 Å². The summed E-state index contributed by atoms with van der Waals surface area (Å²) in [4.78, 5) is 1.27. The van der Waals surface area contributed by atoms with Gasteiger partial charge in [-0.2, -0.15) is 0 Å². The van der Waals surface area contributed by atoms with Gasteiger partial charge in [0, 0.05) is 16.4 Å². The van der Waals surface area contributed by atoms with Crippen molar-refractivity contribution in [3.05, 3.63) is 30.3 Å². The molecule has 0 saturated carbocycles. The summed E-state index contributed by atoms with van der Waals surface area (Å²) in [5.74, 6) is 1.38. The Balaban J connectivity index is 0.00000256. The van der Waals surface area contributed by atoms with Crippen molar-refractivity contribution in [2.24, 2.45) is 0 Å². The van der Waals surface area contributed by atoms with Gasteiger partial charge in [-0.1, -0.05) is 57.3 Å². The van der Waals surface area contributed by atoms with Gasteiger partial charge in [0.15, 0.2) is 0 Å². The summed E-state index contributed by atoms with van der Waals surface area (Å²) in [5.41, 5.74) is 0. The van der Waals surface area contributed by atoms with Crippen molar-refractivity contribution in [2.45, 2.75) is 24.2 Å². The summed E-state index contributed by atoms with van der Waals surface area (Å²) in [7, 11) is 3.61. The molecule has 17 heavy (non-hydrogen) atoms. The van der Waals surface area contributed by atoms with E-state index in [1.807, 2.05) is 29.0 Å². The molecule has 0 aromatic heterocycles. The van der Waals surface area contributed by atoms with Crippen LogP contribution in [-0.2, 0) is 11.1 Å². The number of unbranched alkanes of at least 4 members (excludes halogenated alkanes) is 2. The normalized spacial score (nSPS) is 11.8. The molecule has 1 aromatic carbocycles. The Morgan fingerprint density at radius 3 is 2.47 bits per heavy atom. The van der Waals surface area contributed by atoms with Crippen LogP contribution in [0.2, 0.25) is 0 Å². The van der Waals surface area contributed by atoms with E-state index in [4.69, 9.17) is 0 Å². The van der Waals surface area contributed by atoms with Crippen molar-refractivity contribution in [1.29, 1.82) is 0 Å². The van der Waals surface area contributed by atoms with Crippen LogP contribution in [0.25, 0.3) is 0 Å². The van der Waals surface area contributed by atoms with Crippen LogP contribution in [0, 0.1) is 0 Å². The second-order valence-corrected chi connectivity index (χ2v) is 6.79. The van der Waals surface area contributed by atoms with Crippen LogP contribution in [0.5, 0.6) is 0 Å². The van der Waals surface area contributed by atoms with Gasteiger partial charge in [-0.3, -0.25) is 4.21 Å². The summed E-state index contributed by atoms with van der Waals surface area (Å²) in [6, 6.07) is 10.3. The third-order valence-corrected chi connectivity index (χ3v) is 5.03. The van der Waals surface area contributed by atoms with Crippen molar-refractivity contribution in [3.63, 3.8) is 0 Å². The van der Waals surface area contributed by atoms with Gasteiger partial charge in [0.2, 0.25) is 0 Å². The molecule has 0 fully saturated rings. The van der Waals surface area contributed by atoms with E-state index >= 15 is 0 Å². The fourth-order valence-electron chi connectivity index (χ4n) is 1.14. The SMILES string of the molecule is O=S([O-])CCCCCSSc1ccccc1.[Na+]. The van der Waals surface area contributed by atoms with E-state index in [9.17, 15) is 8.76 Å². The van der Waals surface area contributed by atoms with Gasteiger partial charge in [-0.05, 0) is 25.0 Å². The number of rotatable bonds is 8. The van der Waals surface area contributed by atoms with Crippen molar-refractivity contribution >= 4 is 32.7 Å². The zero-order valence-corrected chi connectivity index (χ0v) is 14.4. The molecule has 0 aliphatic heterocycles. The first-order valence-electron chi connectivity index (χ1n) is 5.19. The van der Waals surface area contributed by atoms with Crippen molar-refractivity contribution in [2.75, 3.05) is 11.5 Å². The molecule has 0 saturated heterocycles. The molecular weight excluding hydrogens is 283 g/mol. The maximum atomic E-state index is 10.3. The molecule has 6 heteroatoms.